The molecular weight excluding hydrogens is 240 g/mol. The molecule has 98 valence electrons. The highest BCUT2D eigenvalue weighted by Gasteiger charge is 2.05. The van der Waals surface area contributed by atoms with Gasteiger partial charge in [0.05, 0.1) is 18.8 Å². The van der Waals surface area contributed by atoms with E-state index < -0.39 is 9.84 Å². The Labute approximate surface area is 102 Å². The fourth-order valence-electron chi connectivity index (χ4n) is 1.25. The molecule has 0 aliphatic rings. The molecule has 0 aliphatic heterocycles. The van der Waals surface area contributed by atoms with Crippen LogP contribution >= 0.6 is 0 Å². The number of hydrogen-bond donors (Lipinski definition) is 1. The molecule has 0 aromatic carbocycles. The first-order valence-corrected chi connectivity index (χ1v) is 7.69. The zero-order valence-corrected chi connectivity index (χ0v) is 11.4. The Bertz CT molecular complexity index is 439. The maximum Gasteiger partial charge on any atom is 0.164 e. The van der Waals surface area contributed by atoms with Gasteiger partial charge in [-0.2, -0.15) is 5.10 Å². The number of hydrogen-bond acceptors (Lipinski definition) is 5. The second-order valence-electron chi connectivity index (χ2n) is 4.58. The molecule has 0 amide bonds. The molecule has 17 heavy (non-hydrogen) atoms. The van der Waals surface area contributed by atoms with E-state index in [0.29, 0.717) is 24.8 Å². The van der Waals surface area contributed by atoms with Crippen LogP contribution in [-0.2, 0) is 22.9 Å². The van der Waals surface area contributed by atoms with E-state index in [1.165, 1.54) is 6.26 Å². The molecule has 1 heterocycles. The predicted molar refractivity (Wildman–Crippen MR) is 66.3 cm³/mol. The van der Waals surface area contributed by atoms with Crippen molar-refractivity contribution in [2.75, 3.05) is 18.6 Å². The minimum atomic E-state index is -2.95. The number of nitrogens with one attached hydrogen (secondary N) is 1. The Hall–Kier alpha value is -0.950. The molecule has 0 saturated heterocycles. The van der Waals surface area contributed by atoms with Crippen molar-refractivity contribution in [3.8, 4) is 0 Å². The van der Waals surface area contributed by atoms with Crippen LogP contribution in [0.2, 0.25) is 0 Å². The topological polar surface area (TPSA) is 76.9 Å². The average molecular weight is 260 g/mol. The lowest BCUT2D eigenvalue weighted by Gasteiger charge is -2.04. The van der Waals surface area contributed by atoms with Crippen molar-refractivity contribution in [1.82, 2.24) is 20.1 Å². The van der Waals surface area contributed by atoms with E-state index >= 15 is 0 Å². The van der Waals surface area contributed by atoms with E-state index in [4.69, 9.17) is 0 Å². The maximum absolute atomic E-state index is 11.0. The van der Waals surface area contributed by atoms with Crippen LogP contribution in [0.5, 0.6) is 0 Å². The van der Waals surface area contributed by atoms with Gasteiger partial charge in [0.25, 0.3) is 0 Å². The summed E-state index contributed by atoms with van der Waals surface area (Å²) in [5, 5.41) is 7.42. The van der Waals surface area contributed by atoms with E-state index in [1.807, 2.05) is 0 Å². The summed E-state index contributed by atoms with van der Waals surface area (Å²) >= 11 is 0. The highest BCUT2D eigenvalue weighted by Crippen LogP contribution is 1.93. The third-order valence-corrected chi connectivity index (χ3v) is 3.03. The van der Waals surface area contributed by atoms with E-state index in [-0.39, 0.29) is 5.75 Å². The van der Waals surface area contributed by atoms with Crippen molar-refractivity contribution in [3.63, 3.8) is 0 Å². The molecule has 1 aromatic heterocycles. The SMILES string of the molecule is CC(C)CNCc1ncn(CCS(C)(=O)=O)n1. The van der Waals surface area contributed by atoms with Crippen molar-refractivity contribution in [3.05, 3.63) is 12.2 Å². The summed E-state index contributed by atoms with van der Waals surface area (Å²) in [6.07, 6.45) is 2.78. The highest BCUT2D eigenvalue weighted by molar-refractivity contribution is 7.90. The lowest BCUT2D eigenvalue weighted by Crippen LogP contribution is -2.20. The normalized spacial score (nSPS) is 12.2. The standard InChI is InChI=1S/C10H20N4O2S/c1-9(2)6-11-7-10-12-8-14(13-10)4-5-17(3,15)16/h8-9,11H,4-7H2,1-3H3. The third kappa shape index (κ3) is 6.38. The lowest BCUT2D eigenvalue weighted by molar-refractivity contribution is 0.538. The lowest BCUT2D eigenvalue weighted by atomic mass is 10.2. The fourth-order valence-corrected chi connectivity index (χ4v) is 1.77. The monoisotopic (exact) mass is 260 g/mol. The van der Waals surface area contributed by atoms with Crippen molar-refractivity contribution < 1.29 is 8.42 Å². The minimum absolute atomic E-state index is 0.0925. The molecule has 1 N–H and O–H groups in total. The van der Waals surface area contributed by atoms with Gasteiger partial charge in [-0.1, -0.05) is 13.8 Å². The Morgan fingerprint density at radius 2 is 2.18 bits per heavy atom. The smallest absolute Gasteiger partial charge is 0.164 e. The van der Waals surface area contributed by atoms with Crippen molar-refractivity contribution in [2.45, 2.75) is 26.9 Å². The van der Waals surface area contributed by atoms with Gasteiger partial charge >= 0.3 is 0 Å². The first-order valence-electron chi connectivity index (χ1n) is 5.63. The van der Waals surface area contributed by atoms with Gasteiger partial charge in [-0.25, -0.2) is 13.4 Å². The van der Waals surface area contributed by atoms with E-state index in [1.54, 1.807) is 11.0 Å². The molecule has 7 heteroatoms. The molecule has 0 saturated carbocycles. The Morgan fingerprint density at radius 1 is 1.47 bits per heavy atom. The summed E-state index contributed by atoms with van der Waals surface area (Å²) in [5.41, 5.74) is 0. The Morgan fingerprint density at radius 3 is 2.76 bits per heavy atom. The van der Waals surface area contributed by atoms with Crippen LogP contribution in [0, 0.1) is 5.92 Å². The molecule has 0 radical (unpaired) electrons. The van der Waals surface area contributed by atoms with Crippen LogP contribution in [0.25, 0.3) is 0 Å². The van der Waals surface area contributed by atoms with Gasteiger partial charge in [-0.3, -0.25) is 4.68 Å². The van der Waals surface area contributed by atoms with Gasteiger partial charge in [0.2, 0.25) is 0 Å². The predicted octanol–water partition coefficient (Wildman–Crippen LogP) is 0.0683. The van der Waals surface area contributed by atoms with E-state index in [0.717, 1.165) is 6.54 Å². The van der Waals surface area contributed by atoms with Crippen LogP contribution < -0.4 is 5.32 Å². The first kappa shape index (κ1) is 14.1. The van der Waals surface area contributed by atoms with Gasteiger partial charge in [-0.05, 0) is 12.5 Å². The summed E-state index contributed by atoms with van der Waals surface area (Å²) < 4.78 is 23.5. The molecule has 0 bridgehead atoms. The number of nitrogens with zero attached hydrogens (tertiary/aromatic N) is 3. The number of aromatic nitrogens is 3. The van der Waals surface area contributed by atoms with Gasteiger partial charge in [-0.15, -0.1) is 0 Å². The Balaban J connectivity index is 2.37. The largest absolute Gasteiger partial charge is 0.310 e. The molecule has 0 atom stereocenters. The summed E-state index contributed by atoms with van der Waals surface area (Å²) in [6.45, 7) is 6.15. The van der Waals surface area contributed by atoms with Crippen LogP contribution in [0.15, 0.2) is 6.33 Å². The molecule has 1 aromatic rings. The second-order valence-corrected chi connectivity index (χ2v) is 6.84. The molecule has 6 nitrogen and oxygen atoms in total. The van der Waals surface area contributed by atoms with Crippen LogP contribution in [0.4, 0.5) is 0 Å². The van der Waals surface area contributed by atoms with Crippen molar-refractivity contribution >= 4 is 9.84 Å². The fraction of sp³-hybridized carbons (Fsp3) is 0.800. The molecule has 0 fully saturated rings. The number of aryl methyl sites for hydroxylation is 1. The average Bonchev–Trinajstić information content (AvgIpc) is 2.61. The Kier molecular flexibility index (Phi) is 5.07. The highest BCUT2D eigenvalue weighted by atomic mass is 32.2. The molecule has 1 rings (SSSR count). The van der Waals surface area contributed by atoms with Gasteiger partial charge in [0.15, 0.2) is 5.82 Å². The summed E-state index contributed by atoms with van der Waals surface area (Å²) in [6, 6.07) is 0. The molecular formula is C10H20N4O2S. The van der Waals surface area contributed by atoms with Crippen LogP contribution in [0.3, 0.4) is 0 Å². The molecule has 0 unspecified atom stereocenters. The zero-order valence-electron chi connectivity index (χ0n) is 10.5. The zero-order chi connectivity index (χ0) is 12.9. The van der Waals surface area contributed by atoms with Crippen molar-refractivity contribution in [2.24, 2.45) is 5.92 Å². The minimum Gasteiger partial charge on any atom is -0.310 e. The van der Waals surface area contributed by atoms with Crippen LogP contribution in [0.1, 0.15) is 19.7 Å². The summed E-state index contributed by atoms with van der Waals surface area (Å²) in [5.74, 6) is 1.37. The third-order valence-electron chi connectivity index (χ3n) is 2.11. The van der Waals surface area contributed by atoms with Gasteiger partial charge in [0, 0.05) is 6.26 Å². The summed E-state index contributed by atoms with van der Waals surface area (Å²) in [7, 11) is -2.95. The maximum atomic E-state index is 11.0. The molecule has 0 aliphatic carbocycles. The first-order chi connectivity index (χ1) is 7.87. The molecule has 0 spiro atoms. The van der Waals surface area contributed by atoms with Crippen LogP contribution in [-0.4, -0.2) is 41.7 Å². The van der Waals surface area contributed by atoms with Crippen molar-refractivity contribution in [1.29, 1.82) is 0 Å². The van der Waals surface area contributed by atoms with E-state index in [9.17, 15) is 8.42 Å². The van der Waals surface area contributed by atoms with Gasteiger partial charge in [0.1, 0.15) is 16.2 Å². The van der Waals surface area contributed by atoms with E-state index in [2.05, 4.69) is 29.2 Å². The number of rotatable bonds is 7. The number of sulfone groups is 1. The van der Waals surface area contributed by atoms with Gasteiger partial charge < -0.3 is 5.32 Å². The second kappa shape index (κ2) is 6.11. The quantitative estimate of drug-likeness (QED) is 0.750. The summed E-state index contributed by atoms with van der Waals surface area (Å²) in [4.78, 5) is 4.11.